The van der Waals surface area contributed by atoms with Crippen LogP contribution in [0.25, 0.3) is 0 Å². The molecule has 1 aromatic rings. The SMILES string of the molecule is COc1cc(C)cc(C)c1C(N)C1CNC1. The van der Waals surface area contributed by atoms with Crippen LogP contribution in [0.15, 0.2) is 12.1 Å². The Balaban J connectivity index is 2.37. The maximum Gasteiger partial charge on any atom is 0.124 e. The van der Waals surface area contributed by atoms with E-state index in [0.29, 0.717) is 5.92 Å². The topological polar surface area (TPSA) is 47.3 Å². The molecular formula is C13H20N2O. The van der Waals surface area contributed by atoms with E-state index in [1.807, 2.05) is 0 Å². The van der Waals surface area contributed by atoms with Crippen LogP contribution in [0.5, 0.6) is 5.75 Å². The summed E-state index contributed by atoms with van der Waals surface area (Å²) in [7, 11) is 1.71. The smallest absolute Gasteiger partial charge is 0.124 e. The van der Waals surface area contributed by atoms with Gasteiger partial charge in [-0.2, -0.15) is 0 Å². The Bertz CT molecular complexity index is 386. The lowest BCUT2D eigenvalue weighted by atomic mass is 9.86. The first-order valence-electron chi connectivity index (χ1n) is 5.75. The quantitative estimate of drug-likeness (QED) is 0.812. The lowest BCUT2D eigenvalue weighted by Gasteiger charge is -2.34. The predicted octanol–water partition coefficient (Wildman–Crippen LogP) is 1.53. The van der Waals surface area contributed by atoms with Gasteiger partial charge >= 0.3 is 0 Å². The van der Waals surface area contributed by atoms with Crippen molar-refractivity contribution in [3.8, 4) is 5.75 Å². The average Bonchev–Trinajstić information content (AvgIpc) is 2.13. The number of ether oxygens (including phenoxy) is 1. The van der Waals surface area contributed by atoms with Crippen LogP contribution >= 0.6 is 0 Å². The van der Waals surface area contributed by atoms with Crippen LogP contribution in [0.1, 0.15) is 22.7 Å². The van der Waals surface area contributed by atoms with E-state index in [9.17, 15) is 0 Å². The van der Waals surface area contributed by atoms with Crippen molar-refractivity contribution in [1.82, 2.24) is 5.32 Å². The molecule has 3 N–H and O–H groups in total. The monoisotopic (exact) mass is 220 g/mol. The summed E-state index contributed by atoms with van der Waals surface area (Å²) in [4.78, 5) is 0. The Labute approximate surface area is 97.0 Å². The number of rotatable bonds is 3. The molecule has 0 radical (unpaired) electrons. The van der Waals surface area contributed by atoms with E-state index in [-0.39, 0.29) is 6.04 Å². The largest absolute Gasteiger partial charge is 0.496 e. The highest BCUT2D eigenvalue weighted by Crippen LogP contribution is 2.33. The highest BCUT2D eigenvalue weighted by molar-refractivity contribution is 5.45. The average molecular weight is 220 g/mol. The second-order valence-corrected chi connectivity index (χ2v) is 4.64. The molecule has 2 rings (SSSR count). The fourth-order valence-corrected chi connectivity index (χ4v) is 2.34. The first kappa shape index (κ1) is 11.4. The molecule has 0 spiro atoms. The van der Waals surface area contributed by atoms with Crippen LogP contribution in [-0.2, 0) is 0 Å². The molecule has 1 aromatic carbocycles. The molecule has 1 saturated heterocycles. The third kappa shape index (κ3) is 1.93. The van der Waals surface area contributed by atoms with Crippen LogP contribution in [-0.4, -0.2) is 20.2 Å². The van der Waals surface area contributed by atoms with Crippen molar-refractivity contribution in [1.29, 1.82) is 0 Å². The molecule has 1 fully saturated rings. The number of methoxy groups -OCH3 is 1. The molecule has 1 aliphatic rings. The third-order valence-corrected chi connectivity index (χ3v) is 3.37. The van der Waals surface area contributed by atoms with Gasteiger partial charge < -0.3 is 15.8 Å². The van der Waals surface area contributed by atoms with Gasteiger partial charge in [-0.1, -0.05) is 6.07 Å². The van der Waals surface area contributed by atoms with Crippen LogP contribution in [0, 0.1) is 19.8 Å². The van der Waals surface area contributed by atoms with E-state index in [1.54, 1.807) is 7.11 Å². The Morgan fingerprint density at radius 2 is 2.06 bits per heavy atom. The molecule has 0 saturated carbocycles. The number of hydrogen-bond acceptors (Lipinski definition) is 3. The number of hydrogen-bond donors (Lipinski definition) is 2. The van der Waals surface area contributed by atoms with Gasteiger partial charge in [0.1, 0.15) is 5.75 Å². The number of nitrogens with two attached hydrogens (primary N) is 1. The number of nitrogens with one attached hydrogen (secondary N) is 1. The van der Waals surface area contributed by atoms with Crippen LogP contribution < -0.4 is 15.8 Å². The molecule has 3 nitrogen and oxygen atoms in total. The first-order chi connectivity index (χ1) is 7.63. The number of benzene rings is 1. The minimum atomic E-state index is 0.0804. The molecule has 0 amide bonds. The van der Waals surface area contributed by atoms with Gasteiger partial charge in [0.25, 0.3) is 0 Å². The molecule has 0 aliphatic carbocycles. The van der Waals surface area contributed by atoms with Crippen LogP contribution in [0.2, 0.25) is 0 Å². The van der Waals surface area contributed by atoms with Crippen LogP contribution in [0.4, 0.5) is 0 Å². The molecule has 1 heterocycles. The van der Waals surface area contributed by atoms with Crippen molar-refractivity contribution in [2.45, 2.75) is 19.9 Å². The van der Waals surface area contributed by atoms with Crippen molar-refractivity contribution in [3.63, 3.8) is 0 Å². The van der Waals surface area contributed by atoms with E-state index < -0.39 is 0 Å². The van der Waals surface area contributed by atoms with Crippen molar-refractivity contribution < 1.29 is 4.74 Å². The summed E-state index contributed by atoms with van der Waals surface area (Å²) in [6, 6.07) is 4.31. The van der Waals surface area contributed by atoms with Gasteiger partial charge in [0.15, 0.2) is 0 Å². The van der Waals surface area contributed by atoms with E-state index in [4.69, 9.17) is 10.5 Å². The van der Waals surface area contributed by atoms with Gasteiger partial charge in [-0.25, -0.2) is 0 Å². The van der Waals surface area contributed by atoms with Crippen molar-refractivity contribution in [2.75, 3.05) is 20.2 Å². The molecule has 0 aromatic heterocycles. The highest BCUT2D eigenvalue weighted by Gasteiger charge is 2.28. The standard InChI is InChI=1S/C13H20N2O/c1-8-4-9(2)12(11(5-8)16-3)13(14)10-6-15-7-10/h4-5,10,13,15H,6-7,14H2,1-3H3. The minimum absolute atomic E-state index is 0.0804. The van der Waals surface area contributed by atoms with Gasteiger partial charge in [-0.15, -0.1) is 0 Å². The summed E-state index contributed by atoms with van der Waals surface area (Å²) >= 11 is 0. The Hall–Kier alpha value is -1.06. The molecular weight excluding hydrogens is 200 g/mol. The molecule has 88 valence electrons. The van der Waals surface area contributed by atoms with E-state index in [0.717, 1.165) is 18.8 Å². The van der Waals surface area contributed by atoms with E-state index >= 15 is 0 Å². The maximum atomic E-state index is 6.31. The zero-order chi connectivity index (χ0) is 11.7. The normalized spacial score (nSPS) is 18.0. The number of aryl methyl sites for hydroxylation is 2. The fourth-order valence-electron chi connectivity index (χ4n) is 2.34. The lowest BCUT2D eigenvalue weighted by Crippen LogP contribution is -2.47. The minimum Gasteiger partial charge on any atom is -0.496 e. The summed E-state index contributed by atoms with van der Waals surface area (Å²) in [6.45, 7) is 6.21. The van der Waals surface area contributed by atoms with Crippen molar-refractivity contribution in [3.05, 3.63) is 28.8 Å². The predicted molar refractivity (Wildman–Crippen MR) is 65.8 cm³/mol. The molecule has 16 heavy (non-hydrogen) atoms. The summed E-state index contributed by atoms with van der Waals surface area (Å²) < 4.78 is 5.45. The van der Waals surface area contributed by atoms with Crippen LogP contribution in [0.3, 0.4) is 0 Å². The Morgan fingerprint density at radius 1 is 1.38 bits per heavy atom. The highest BCUT2D eigenvalue weighted by atomic mass is 16.5. The first-order valence-corrected chi connectivity index (χ1v) is 5.75. The van der Waals surface area contributed by atoms with Crippen molar-refractivity contribution in [2.24, 2.45) is 11.7 Å². The van der Waals surface area contributed by atoms with Gasteiger partial charge in [0.05, 0.1) is 7.11 Å². The molecule has 1 aliphatic heterocycles. The van der Waals surface area contributed by atoms with E-state index in [2.05, 4.69) is 31.3 Å². The Kier molecular flexibility index (Phi) is 3.17. The third-order valence-electron chi connectivity index (χ3n) is 3.37. The second-order valence-electron chi connectivity index (χ2n) is 4.64. The second kappa shape index (κ2) is 4.44. The molecule has 0 bridgehead atoms. The summed E-state index contributed by atoms with van der Waals surface area (Å²) in [5, 5.41) is 3.26. The van der Waals surface area contributed by atoms with Gasteiger partial charge in [-0.05, 0) is 31.0 Å². The molecule has 1 unspecified atom stereocenters. The van der Waals surface area contributed by atoms with Gasteiger partial charge in [0, 0.05) is 30.6 Å². The fraction of sp³-hybridized carbons (Fsp3) is 0.538. The summed E-state index contributed by atoms with van der Waals surface area (Å²) in [5.41, 5.74) is 9.93. The van der Waals surface area contributed by atoms with Gasteiger partial charge in [0.2, 0.25) is 0 Å². The summed E-state index contributed by atoms with van der Waals surface area (Å²) in [6.07, 6.45) is 0. The van der Waals surface area contributed by atoms with Gasteiger partial charge in [-0.3, -0.25) is 0 Å². The lowest BCUT2D eigenvalue weighted by molar-refractivity contribution is 0.287. The Morgan fingerprint density at radius 3 is 2.56 bits per heavy atom. The zero-order valence-electron chi connectivity index (χ0n) is 10.2. The molecule has 1 atom stereocenters. The van der Waals surface area contributed by atoms with E-state index in [1.165, 1.54) is 16.7 Å². The summed E-state index contributed by atoms with van der Waals surface area (Å²) in [5.74, 6) is 1.47. The maximum absolute atomic E-state index is 6.31. The molecule has 3 heteroatoms. The van der Waals surface area contributed by atoms with Crippen molar-refractivity contribution >= 4 is 0 Å². The zero-order valence-corrected chi connectivity index (χ0v) is 10.2.